The van der Waals surface area contributed by atoms with Gasteiger partial charge in [-0.25, -0.2) is 4.79 Å². The normalized spacial score (nSPS) is 9.87. The number of methoxy groups -OCH3 is 1. The molecule has 7 heteroatoms. The molecule has 0 heterocycles. The molecular formula is C16H22N2O5. The van der Waals surface area contributed by atoms with Gasteiger partial charge < -0.3 is 19.7 Å². The number of rotatable bonds is 8. The van der Waals surface area contributed by atoms with Crippen LogP contribution in [0.4, 0.5) is 0 Å². The van der Waals surface area contributed by atoms with E-state index in [4.69, 9.17) is 9.47 Å². The van der Waals surface area contributed by atoms with Gasteiger partial charge in [0.1, 0.15) is 11.3 Å². The summed E-state index contributed by atoms with van der Waals surface area (Å²) in [7, 11) is 1.45. The number of benzene rings is 1. The Kier molecular flexibility index (Phi) is 7.59. The van der Waals surface area contributed by atoms with Crippen molar-refractivity contribution in [1.29, 1.82) is 0 Å². The molecule has 7 nitrogen and oxygen atoms in total. The maximum Gasteiger partial charge on any atom is 0.342 e. The van der Waals surface area contributed by atoms with Gasteiger partial charge >= 0.3 is 5.97 Å². The standard InChI is InChI=1S/C16H22N2O5/c1-4-17-14(19)10-18(5-2)15(20)11-23-16(21)12-8-6-7-9-13(12)22-3/h6-9H,4-5,10-11H2,1-3H3,(H,17,19). The zero-order valence-corrected chi connectivity index (χ0v) is 13.6. The third-order valence-electron chi connectivity index (χ3n) is 3.10. The average Bonchev–Trinajstić information content (AvgIpc) is 2.57. The second kappa shape index (κ2) is 9.45. The van der Waals surface area contributed by atoms with Crippen molar-refractivity contribution in [2.24, 2.45) is 0 Å². The number of amides is 2. The van der Waals surface area contributed by atoms with Gasteiger partial charge in [0.25, 0.3) is 5.91 Å². The highest BCUT2D eigenvalue weighted by Gasteiger charge is 2.19. The van der Waals surface area contributed by atoms with Crippen molar-refractivity contribution in [2.75, 3.05) is 33.4 Å². The molecule has 0 aliphatic heterocycles. The predicted octanol–water partition coefficient (Wildman–Crippen LogP) is 0.837. The van der Waals surface area contributed by atoms with Crippen LogP contribution in [-0.2, 0) is 14.3 Å². The minimum Gasteiger partial charge on any atom is -0.496 e. The molecule has 0 aliphatic carbocycles. The number of nitrogens with zero attached hydrogens (tertiary/aromatic N) is 1. The molecule has 1 aromatic rings. The van der Waals surface area contributed by atoms with Crippen molar-refractivity contribution in [3.63, 3.8) is 0 Å². The number of carbonyl (C=O) groups excluding carboxylic acids is 3. The summed E-state index contributed by atoms with van der Waals surface area (Å²) in [6.07, 6.45) is 0. The molecule has 0 saturated heterocycles. The lowest BCUT2D eigenvalue weighted by molar-refractivity contribution is -0.138. The van der Waals surface area contributed by atoms with Crippen LogP contribution in [0.25, 0.3) is 0 Å². The smallest absolute Gasteiger partial charge is 0.342 e. The van der Waals surface area contributed by atoms with Gasteiger partial charge in [0.15, 0.2) is 6.61 Å². The molecule has 0 unspecified atom stereocenters. The van der Waals surface area contributed by atoms with E-state index in [1.54, 1.807) is 38.1 Å². The number of esters is 1. The summed E-state index contributed by atoms with van der Waals surface area (Å²) in [6, 6.07) is 6.59. The van der Waals surface area contributed by atoms with E-state index in [9.17, 15) is 14.4 Å². The van der Waals surface area contributed by atoms with Crippen molar-refractivity contribution in [3.05, 3.63) is 29.8 Å². The minimum atomic E-state index is -0.648. The van der Waals surface area contributed by atoms with Crippen LogP contribution < -0.4 is 10.1 Å². The molecule has 0 atom stereocenters. The Morgan fingerprint density at radius 3 is 2.48 bits per heavy atom. The predicted molar refractivity (Wildman–Crippen MR) is 84.2 cm³/mol. The van der Waals surface area contributed by atoms with E-state index in [-0.39, 0.29) is 18.0 Å². The Morgan fingerprint density at radius 1 is 1.17 bits per heavy atom. The minimum absolute atomic E-state index is 0.0601. The van der Waals surface area contributed by atoms with Gasteiger partial charge in [-0.1, -0.05) is 12.1 Å². The average molecular weight is 322 g/mol. The van der Waals surface area contributed by atoms with Crippen LogP contribution in [0, 0.1) is 0 Å². The zero-order chi connectivity index (χ0) is 17.2. The van der Waals surface area contributed by atoms with E-state index in [1.165, 1.54) is 12.0 Å². The molecule has 0 bridgehead atoms. The SMILES string of the molecule is CCNC(=O)CN(CC)C(=O)COC(=O)c1ccccc1OC. The number of nitrogens with one attached hydrogen (secondary N) is 1. The Labute approximate surface area is 135 Å². The third-order valence-corrected chi connectivity index (χ3v) is 3.10. The second-order valence-corrected chi connectivity index (χ2v) is 4.64. The fraction of sp³-hybridized carbons (Fsp3) is 0.438. The van der Waals surface area contributed by atoms with Gasteiger partial charge in [-0.3, -0.25) is 9.59 Å². The summed E-state index contributed by atoms with van der Waals surface area (Å²) in [5.41, 5.74) is 0.245. The van der Waals surface area contributed by atoms with Crippen molar-refractivity contribution >= 4 is 17.8 Å². The van der Waals surface area contributed by atoms with Gasteiger partial charge in [-0.15, -0.1) is 0 Å². The van der Waals surface area contributed by atoms with Gasteiger partial charge in [-0.2, -0.15) is 0 Å². The Bertz CT molecular complexity index is 559. The Balaban J connectivity index is 2.60. The first-order valence-corrected chi connectivity index (χ1v) is 7.38. The van der Waals surface area contributed by atoms with Gasteiger partial charge in [-0.05, 0) is 26.0 Å². The molecular weight excluding hydrogens is 300 g/mol. The first-order valence-electron chi connectivity index (χ1n) is 7.38. The maximum absolute atomic E-state index is 12.0. The number of para-hydroxylation sites is 1. The lowest BCUT2D eigenvalue weighted by Gasteiger charge is -2.20. The number of hydrogen-bond acceptors (Lipinski definition) is 5. The highest BCUT2D eigenvalue weighted by atomic mass is 16.5. The molecule has 23 heavy (non-hydrogen) atoms. The molecule has 0 saturated carbocycles. The van der Waals surface area contributed by atoms with E-state index in [1.807, 2.05) is 0 Å². The maximum atomic E-state index is 12.0. The van der Waals surface area contributed by atoms with Crippen LogP contribution in [0.3, 0.4) is 0 Å². The molecule has 1 N–H and O–H groups in total. The summed E-state index contributed by atoms with van der Waals surface area (Å²) < 4.78 is 10.1. The quantitative estimate of drug-likeness (QED) is 0.717. The lowest BCUT2D eigenvalue weighted by atomic mass is 10.2. The largest absolute Gasteiger partial charge is 0.496 e. The summed E-state index contributed by atoms with van der Waals surface area (Å²) >= 11 is 0. The van der Waals surface area contributed by atoms with Gasteiger partial charge in [0.05, 0.1) is 13.7 Å². The van der Waals surface area contributed by atoms with Crippen LogP contribution in [-0.4, -0.2) is 56.0 Å². The summed E-state index contributed by atoms with van der Waals surface area (Å²) in [5.74, 6) is -0.953. The fourth-order valence-electron chi connectivity index (χ4n) is 1.91. The van der Waals surface area contributed by atoms with E-state index in [2.05, 4.69) is 5.32 Å². The molecule has 0 radical (unpaired) electrons. The molecule has 0 spiro atoms. The van der Waals surface area contributed by atoms with Crippen LogP contribution in [0.2, 0.25) is 0 Å². The Hall–Kier alpha value is -2.57. The van der Waals surface area contributed by atoms with E-state index >= 15 is 0 Å². The van der Waals surface area contributed by atoms with Crippen molar-refractivity contribution in [1.82, 2.24) is 10.2 Å². The number of ether oxygens (including phenoxy) is 2. The summed E-state index contributed by atoms with van der Waals surface area (Å²) in [5, 5.41) is 2.61. The topological polar surface area (TPSA) is 84.9 Å². The highest BCUT2D eigenvalue weighted by molar-refractivity contribution is 5.94. The zero-order valence-electron chi connectivity index (χ0n) is 13.6. The van der Waals surface area contributed by atoms with E-state index in [0.717, 1.165) is 0 Å². The van der Waals surface area contributed by atoms with Crippen molar-refractivity contribution in [2.45, 2.75) is 13.8 Å². The van der Waals surface area contributed by atoms with Gasteiger partial charge in [0.2, 0.25) is 5.91 Å². The molecule has 0 fully saturated rings. The molecule has 2 amide bonds. The molecule has 0 aliphatic rings. The van der Waals surface area contributed by atoms with E-state index in [0.29, 0.717) is 18.8 Å². The fourth-order valence-corrected chi connectivity index (χ4v) is 1.91. The first kappa shape index (κ1) is 18.5. The molecule has 1 rings (SSSR count). The summed E-state index contributed by atoms with van der Waals surface area (Å²) in [4.78, 5) is 36.9. The number of hydrogen-bond donors (Lipinski definition) is 1. The molecule has 1 aromatic carbocycles. The lowest BCUT2D eigenvalue weighted by Crippen LogP contribution is -2.42. The van der Waals surface area contributed by atoms with Crippen molar-refractivity contribution < 1.29 is 23.9 Å². The van der Waals surface area contributed by atoms with E-state index < -0.39 is 18.5 Å². The van der Waals surface area contributed by atoms with Crippen molar-refractivity contribution in [3.8, 4) is 5.75 Å². The Morgan fingerprint density at radius 2 is 1.87 bits per heavy atom. The first-order chi connectivity index (χ1) is 11.0. The number of likely N-dealkylation sites (N-methyl/N-ethyl adjacent to an activating group) is 2. The second-order valence-electron chi connectivity index (χ2n) is 4.64. The monoisotopic (exact) mass is 322 g/mol. The molecule has 126 valence electrons. The van der Waals surface area contributed by atoms with Crippen LogP contribution >= 0.6 is 0 Å². The summed E-state index contributed by atoms with van der Waals surface area (Å²) in [6.45, 7) is 3.90. The number of carbonyl (C=O) groups is 3. The van der Waals surface area contributed by atoms with Crippen LogP contribution in [0.15, 0.2) is 24.3 Å². The molecule has 0 aromatic heterocycles. The van der Waals surface area contributed by atoms with Gasteiger partial charge in [0, 0.05) is 13.1 Å². The van der Waals surface area contributed by atoms with Crippen LogP contribution in [0.1, 0.15) is 24.2 Å². The van der Waals surface area contributed by atoms with Crippen LogP contribution in [0.5, 0.6) is 5.75 Å². The third kappa shape index (κ3) is 5.61. The highest BCUT2D eigenvalue weighted by Crippen LogP contribution is 2.18.